The molecule has 2 aliphatic rings. The van der Waals surface area contributed by atoms with Gasteiger partial charge in [-0.15, -0.1) is 0 Å². The van der Waals surface area contributed by atoms with Gasteiger partial charge in [-0.05, 0) is 19.8 Å². The molecule has 0 unspecified atom stereocenters. The highest BCUT2D eigenvalue weighted by Crippen LogP contribution is 2.28. The molecule has 0 aromatic carbocycles. The van der Waals surface area contributed by atoms with Gasteiger partial charge in [-0.1, -0.05) is 0 Å². The smallest absolute Gasteiger partial charge is 0.287 e. The number of carbonyl (C=O) groups is 1. The van der Waals surface area contributed by atoms with E-state index in [1.54, 1.807) is 6.07 Å². The zero-order valence-electron chi connectivity index (χ0n) is 12.5. The lowest BCUT2D eigenvalue weighted by molar-refractivity contribution is 0.0925. The van der Waals surface area contributed by atoms with Gasteiger partial charge in [-0.25, -0.2) is 9.97 Å². The number of rotatable bonds is 3. The van der Waals surface area contributed by atoms with E-state index in [-0.39, 0.29) is 5.91 Å². The summed E-state index contributed by atoms with van der Waals surface area (Å²) in [5, 5.41) is 2.93. The SMILES string of the molecule is Cc1nc(N2CCOCC2)c2oc(C(=O)NC3CC3)cc2n1. The molecule has 1 aliphatic heterocycles. The monoisotopic (exact) mass is 302 g/mol. The molecule has 7 heteroatoms. The van der Waals surface area contributed by atoms with E-state index in [1.807, 2.05) is 6.92 Å². The van der Waals surface area contributed by atoms with Crippen LogP contribution in [0.1, 0.15) is 29.2 Å². The van der Waals surface area contributed by atoms with Gasteiger partial charge in [-0.3, -0.25) is 4.79 Å². The summed E-state index contributed by atoms with van der Waals surface area (Å²) < 4.78 is 11.2. The van der Waals surface area contributed by atoms with Crippen LogP contribution in [-0.4, -0.2) is 48.2 Å². The average Bonchev–Trinajstić information content (AvgIpc) is 3.23. The summed E-state index contributed by atoms with van der Waals surface area (Å²) in [6.07, 6.45) is 2.09. The predicted molar refractivity (Wildman–Crippen MR) is 80.1 cm³/mol. The molecule has 0 radical (unpaired) electrons. The summed E-state index contributed by atoms with van der Waals surface area (Å²) in [4.78, 5) is 23.2. The molecule has 0 spiro atoms. The first-order valence-electron chi connectivity index (χ1n) is 7.62. The first kappa shape index (κ1) is 13.5. The van der Waals surface area contributed by atoms with E-state index in [1.165, 1.54) is 0 Å². The molecule has 2 aromatic heterocycles. The standard InChI is InChI=1S/C15H18N4O3/c1-9-16-11-8-12(15(20)18-10-2-3-10)22-13(11)14(17-9)19-4-6-21-7-5-19/h8,10H,2-7H2,1H3,(H,18,20). The van der Waals surface area contributed by atoms with Gasteiger partial charge in [0, 0.05) is 25.2 Å². The van der Waals surface area contributed by atoms with Crippen LogP contribution in [-0.2, 0) is 4.74 Å². The number of aryl methyl sites for hydroxylation is 1. The van der Waals surface area contributed by atoms with Crippen molar-refractivity contribution >= 4 is 22.8 Å². The number of aromatic nitrogens is 2. The summed E-state index contributed by atoms with van der Waals surface area (Å²) in [5.74, 6) is 1.54. The van der Waals surface area contributed by atoms with E-state index in [0.29, 0.717) is 41.9 Å². The fourth-order valence-corrected chi connectivity index (χ4v) is 2.61. The molecular weight excluding hydrogens is 284 g/mol. The molecule has 1 saturated heterocycles. The van der Waals surface area contributed by atoms with Gasteiger partial charge in [0.25, 0.3) is 5.91 Å². The van der Waals surface area contributed by atoms with Crippen molar-refractivity contribution in [1.82, 2.24) is 15.3 Å². The van der Waals surface area contributed by atoms with Gasteiger partial charge in [-0.2, -0.15) is 0 Å². The van der Waals surface area contributed by atoms with Crippen molar-refractivity contribution in [2.45, 2.75) is 25.8 Å². The molecule has 1 saturated carbocycles. The minimum absolute atomic E-state index is 0.175. The number of fused-ring (bicyclic) bond motifs is 1. The highest BCUT2D eigenvalue weighted by molar-refractivity contribution is 5.97. The number of amides is 1. The highest BCUT2D eigenvalue weighted by Gasteiger charge is 2.27. The van der Waals surface area contributed by atoms with Crippen molar-refractivity contribution in [3.05, 3.63) is 17.7 Å². The largest absolute Gasteiger partial charge is 0.445 e. The first-order chi connectivity index (χ1) is 10.7. The normalized spacial score (nSPS) is 18.7. The van der Waals surface area contributed by atoms with Crippen LogP contribution in [0.15, 0.2) is 10.5 Å². The fourth-order valence-electron chi connectivity index (χ4n) is 2.61. The van der Waals surface area contributed by atoms with E-state index in [2.05, 4.69) is 20.2 Å². The first-order valence-corrected chi connectivity index (χ1v) is 7.62. The van der Waals surface area contributed by atoms with E-state index in [9.17, 15) is 4.79 Å². The summed E-state index contributed by atoms with van der Waals surface area (Å²) in [7, 11) is 0. The minimum atomic E-state index is -0.175. The van der Waals surface area contributed by atoms with Crippen LogP contribution in [0.2, 0.25) is 0 Å². The molecule has 1 amide bonds. The molecule has 3 heterocycles. The fraction of sp³-hybridized carbons (Fsp3) is 0.533. The Morgan fingerprint density at radius 3 is 2.82 bits per heavy atom. The maximum atomic E-state index is 12.2. The Kier molecular flexibility index (Phi) is 3.22. The molecule has 2 aromatic rings. The Labute approximate surface area is 127 Å². The van der Waals surface area contributed by atoms with Crippen LogP contribution in [0.4, 0.5) is 5.82 Å². The second kappa shape index (κ2) is 5.24. The topological polar surface area (TPSA) is 80.5 Å². The van der Waals surface area contributed by atoms with Crippen molar-refractivity contribution < 1.29 is 13.9 Å². The Morgan fingerprint density at radius 2 is 2.09 bits per heavy atom. The molecule has 7 nitrogen and oxygen atoms in total. The average molecular weight is 302 g/mol. The van der Waals surface area contributed by atoms with E-state index >= 15 is 0 Å². The molecule has 4 rings (SSSR count). The molecule has 1 aliphatic carbocycles. The lowest BCUT2D eigenvalue weighted by Gasteiger charge is -2.27. The third kappa shape index (κ3) is 2.52. The number of hydrogen-bond donors (Lipinski definition) is 1. The molecule has 0 bridgehead atoms. The molecular formula is C15H18N4O3. The number of morpholine rings is 1. The van der Waals surface area contributed by atoms with Crippen LogP contribution >= 0.6 is 0 Å². The lowest BCUT2D eigenvalue weighted by Crippen LogP contribution is -2.37. The van der Waals surface area contributed by atoms with Gasteiger partial charge in [0.05, 0.1) is 13.2 Å². The van der Waals surface area contributed by atoms with Gasteiger partial charge >= 0.3 is 0 Å². The molecule has 116 valence electrons. The Balaban J connectivity index is 1.72. The van der Waals surface area contributed by atoms with Crippen LogP contribution in [0.25, 0.3) is 11.1 Å². The molecule has 1 N–H and O–H groups in total. The number of carbonyl (C=O) groups excluding carboxylic acids is 1. The zero-order valence-corrected chi connectivity index (χ0v) is 12.5. The number of anilines is 1. The Bertz CT molecular complexity index is 717. The van der Waals surface area contributed by atoms with Crippen molar-refractivity contribution in [3.63, 3.8) is 0 Å². The van der Waals surface area contributed by atoms with E-state index < -0.39 is 0 Å². The van der Waals surface area contributed by atoms with Crippen LogP contribution < -0.4 is 10.2 Å². The van der Waals surface area contributed by atoms with Crippen LogP contribution in [0, 0.1) is 6.92 Å². The minimum Gasteiger partial charge on any atom is -0.445 e. The zero-order chi connectivity index (χ0) is 15.1. The second-order valence-electron chi connectivity index (χ2n) is 5.77. The predicted octanol–water partition coefficient (Wildman–Crippen LogP) is 1.26. The summed E-state index contributed by atoms with van der Waals surface area (Å²) in [6, 6.07) is 2.00. The summed E-state index contributed by atoms with van der Waals surface area (Å²) in [6.45, 7) is 4.70. The van der Waals surface area contributed by atoms with Gasteiger partial charge in [0.15, 0.2) is 17.2 Å². The quantitative estimate of drug-likeness (QED) is 0.919. The maximum Gasteiger partial charge on any atom is 0.287 e. The number of hydrogen-bond acceptors (Lipinski definition) is 6. The Morgan fingerprint density at radius 1 is 1.32 bits per heavy atom. The summed E-state index contributed by atoms with van der Waals surface area (Å²) in [5.41, 5.74) is 1.25. The maximum absolute atomic E-state index is 12.2. The third-order valence-corrected chi connectivity index (χ3v) is 3.91. The summed E-state index contributed by atoms with van der Waals surface area (Å²) >= 11 is 0. The van der Waals surface area contributed by atoms with E-state index in [0.717, 1.165) is 31.7 Å². The van der Waals surface area contributed by atoms with Gasteiger partial charge < -0.3 is 19.4 Å². The lowest BCUT2D eigenvalue weighted by atomic mass is 10.3. The number of nitrogens with zero attached hydrogens (tertiary/aromatic N) is 3. The van der Waals surface area contributed by atoms with Crippen molar-refractivity contribution in [2.75, 3.05) is 31.2 Å². The number of nitrogens with one attached hydrogen (secondary N) is 1. The van der Waals surface area contributed by atoms with Crippen molar-refractivity contribution in [2.24, 2.45) is 0 Å². The third-order valence-electron chi connectivity index (χ3n) is 3.91. The van der Waals surface area contributed by atoms with Gasteiger partial charge in [0.1, 0.15) is 11.3 Å². The second-order valence-corrected chi connectivity index (χ2v) is 5.77. The van der Waals surface area contributed by atoms with Crippen LogP contribution in [0.3, 0.4) is 0 Å². The van der Waals surface area contributed by atoms with Gasteiger partial charge in [0.2, 0.25) is 0 Å². The van der Waals surface area contributed by atoms with E-state index in [4.69, 9.17) is 9.15 Å². The highest BCUT2D eigenvalue weighted by atomic mass is 16.5. The number of furan rings is 1. The molecule has 22 heavy (non-hydrogen) atoms. The molecule has 0 atom stereocenters. The molecule has 2 fully saturated rings. The van der Waals surface area contributed by atoms with Crippen molar-refractivity contribution in [1.29, 1.82) is 0 Å². The number of ether oxygens (including phenoxy) is 1. The van der Waals surface area contributed by atoms with Crippen molar-refractivity contribution in [3.8, 4) is 0 Å². The Hall–Kier alpha value is -2.15. The van der Waals surface area contributed by atoms with Crippen LogP contribution in [0.5, 0.6) is 0 Å².